The highest BCUT2D eigenvalue weighted by molar-refractivity contribution is 6.16. The minimum Gasteiger partial charge on any atom is -0.273 e. The quantitative estimate of drug-likeness (QED) is 0.725. The summed E-state index contributed by atoms with van der Waals surface area (Å²) in [5.74, 6) is -1.51. The first-order chi connectivity index (χ1) is 12.0. The average Bonchev–Trinajstić information content (AvgIpc) is 2.59. The third-order valence-corrected chi connectivity index (χ3v) is 3.77. The maximum Gasteiger partial charge on any atom is 0.280 e. The van der Waals surface area contributed by atoms with Gasteiger partial charge in [0.05, 0.1) is 23.2 Å². The van der Waals surface area contributed by atoms with Crippen molar-refractivity contribution < 1.29 is 13.6 Å². The standard InChI is InChI=1S/C17H12ClF2N3O2/c18-9-15-21-14-8-12(20)5-6-13(14)17(25)23(15)22-16(24)7-10-1-3-11(19)4-2-10/h1-6,8H,7,9H2,(H,22,24). The molecular weight excluding hydrogens is 352 g/mol. The fraction of sp³-hybridized carbons (Fsp3) is 0.118. The van der Waals surface area contributed by atoms with Crippen molar-refractivity contribution in [3.63, 3.8) is 0 Å². The van der Waals surface area contributed by atoms with E-state index in [9.17, 15) is 18.4 Å². The molecule has 0 aliphatic heterocycles. The van der Waals surface area contributed by atoms with Gasteiger partial charge in [-0.15, -0.1) is 11.6 Å². The third kappa shape index (κ3) is 3.66. The minimum absolute atomic E-state index is 0.0596. The molecule has 3 aromatic rings. The molecule has 2 aromatic carbocycles. The number of hydrogen-bond donors (Lipinski definition) is 1. The van der Waals surface area contributed by atoms with Gasteiger partial charge in [0.15, 0.2) is 0 Å². The lowest BCUT2D eigenvalue weighted by molar-refractivity contribution is -0.116. The molecule has 0 unspecified atom stereocenters. The van der Waals surface area contributed by atoms with Crippen LogP contribution in [0.5, 0.6) is 0 Å². The van der Waals surface area contributed by atoms with Crippen molar-refractivity contribution in [1.29, 1.82) is 0 Å². The van der Waals surface area contributed by atoms with E-state index in [2.05, 4.69) is 10.4 Å². The Labute approximate surface area is 145 Å². The molecule has 1 heterocycles. The summed E-state index contributed by atoms with van der Waals surface area (Å²) in [7, 11) is 0. The Hall–Kier alpha value is -2.80. The zero-order valence-electron chi connectivity index (χ0n) is 12.8. The monoisotopic (exact) mass is 363 g/mol. The summed E-state index contributed by atoms with van der Waals surface area (Å²) in [4.78, 5) is 28.8. The van der Waals surface area contributed by atoms with Crippen molar-refractivity contribution >= 4 is 28.4 Å². The van der Waals surface area contributed by atoms with Crippen molar-refractivity contribution in [3.05, 3.63) is 75.8 Å². The molecule has 128 valence electrons. The second-order valence-corrected chi connectivity index (χ2v) is 5.57. The first-order valence-electron chi connectivity index (χ1n) is 7.29. The number of alkyl halides is 1. The van der Waals surface area contributed by atoms with Crippen LogP contribution in [-0.4, -0.2) is 15.6 Å². The molecule has 0 radical (unpaired) electrons. The number of nitrogens with zero attached hydrogens (tertiary/aromatic N) is 2. The number of nitrogens with one attached hydrogen (secondary N) is 1. The number of carbonyl (C=O) groups is 1. The van der Waals surface area contributed by atoms with E-state index in [-0.39, 0.29) is 29.0 Å². The normalized spacial score (nSPS) is 10.8. The SMILES string of the molecule is O=C(Cc1ccc(F)cc1)Nn1c(CCl)nc2cc(F)ccc2c1=O. The van der Waals surface area contributed by atoms with E-state index in [0.717, 1.165) is 16.8 Å². The van der Waals surface area contributed by atoms with E-state index < -0.39 is 23.1 Å². The Bertz CT molecular complexity index is 1000. The molecule has 0 atom stereocenters. The lowest BCUT2D eigenvalue weighted by Gasteiger charge is -2.13. The zero-order valence-corrected chi connectivity index (χ0v) is 13.6. The van der Waals surface area contributed by atoms with E-state index in [1.54, 1.807) is 0 Å². The number of hydrogen-bond acceptors (Lipinski definition) is 3. The molecular formula is C17H12ClF2N3O2. The highest BCUT2D eigenvalue weighted by Gasteiger charge is 2.14. The van der Waals surface area contributed by atoms with Crippen LogP contribution in [0.1, 0.15) is 11.4 Å². The van der Waals surface area contributed by atoms with Crippen molar-refractivity contribution in [2.45, 2.75) is 12.3 Å². The second-order valence-electron chi connectivity index (χ2n) is 5.30. The van der Waals surface area contributed by atoms with E-state index in [0.29, 0.717) is 5.56 Å². The van der Waals surface area contributed by atoms with Gasteiger partial charge in [0, 0.05) is 6.07 Å². The molecule has 1 aromatic heterocycles. The lowest BCUT2D eigenvalue weighted by Crippen LogP contribution is -2.36. The van der Waals surface area contributed by atoms with Crippen LogP contribution in [0.15, 0.2) is 47.3 Å². The third-order valence-electron chi connectivity index (χ3n) is 3.53. The number of fused-ring (bicyclic) bond motifs is 1. The van der Waals surface area contributed by atoms with Crippen LogP contribution >= 0.6 is 11.6 Å². The van der Waals surface area contributed by atoms with Crippen LogP contribution in [0.25, 0.3) is 10.9 Å². The largest absolute Gasteiger partial charge is 0.280 e. The van der Waals surface area contributed by atoms with Gasteiger partial charge in [0.1, 0.15) is 17.5 Å². The van der Waals surface area contributed by atoms with Crippen molar-refractivity contribution in [2.75, 3.05) is 5.43 Å². The Morgan fingerprint density at radius 1 is 1.12 bits per heavy atom. The summed E-state index contributed by atoms with van der Waals surface area (Å²) >= 11 is 5.80. The Kier molecular flexibility index (Phi) is 4.76. The van der Waals surface area contributed by atoms with Crippen molar-refractivity contribution in [1.82, 2.24) is 9.66 Å². The van der Waals surface area contributed by atoms with Gasteiger partial charge in [0.2, 0.25) is 5.91 Å². The molecule has 25 heavy (non-hydrogen) atoms. The van der Waals surface area contributed by atoms with Gasteiger partial charge in [-0.05, 0) is 29.8 Å². The average molecular weight is 364 g/mol. The van der Waals surface area contributed by atoms with Gasteiger partial charge < -0.3 is 0 Å². The van der Waals surface area contributed by atoms with Gasteiger partial charge in [-0.2, -0.15) is 0 Å². The number of amides is 1. The van der Waals surface area contributed by atoms with E-state index in [1.807, 2.05) is 0 Å². The van der Waals surface area contributed by atoms with Crippen LogP contribution in [0.3, 0.4) is 0 Å². The first kappa shape index (κ1) is 17.0. The van der Waals surface area contributed by atoms with Crippen LogP contribution in [0, 0.1) is 11.6 Å². The minimum atomic E-state index is -0.562. The first-order valence-corrected chi connectivity index (χ1v) is 7.83. The van der Waals surface area contributed by atoms with Gasteiger partial charge in [-0.25, -0.2) is 18.4 Å². The maximum absolute atomic E-state index is 13.3. The van der Waals surface area contributed by atoms with Crippen molar-refractivity contribution in [3.8, 4) is 0 Å². The molecule has 5 nitrogen and oxygen atoms in total. The predicted molar refractivity (Wildman–Crippen MR) is 90.0 cm³/mol. The van der Waals surface area contributed by atoms with E-state index in [4.69, 9.17) is 11.6 Å². The zero-order chi connectivity index (χ0) is 18.0. The number of rotatable bonds is 4. The van der Waals surface area contributed by atoms with Crippen LogP contribution < -0.4 is 11.0 Å². The molecule has 8 heteroatoms. The molecule has 0 bridgehead atoms. The molecule has 0 spiro atoms. The predicted octanol–water partition coefficient (Wildman–Crippen LogP) is 2.73. The second kappa shape index (κ2) is 6.98. The highest BCUT2D eigenvalue weighted by Crippen LogP contribution is 2.11. The Balaban J connectivity index is 1.93. The summed E-state index contributed by atoms with van der Waals surface area (Å²) in [6.45, 7) is 0. The molecule has 1 amide bonds. The number of aromatic nitrogens is 2. The lowest BCUT2D eigenvalue weighted by atomic mass is 10.1. The topological polar surface area (TPSA) is 64.0 Å². The summed E-state index contributed by atoms with van der Waals surface area (Å²) in [6, 6.07) is 8.98. The van der Waals surface area contributed by atoms with Crippen LogP contribution in [0.4, 0.5) is 8.78 Å². The highest BCUT2D eigenvalue weighted by atomic mass is 35.5. The van der Waals surface area contributed by atoms with Crippen LogP contribution in [0.2, 0.25) is 0 Å². The molecule has 0 aliphatic rings. The van der Waals surface area contributed by atoms with E-state index in [1.165, 1.54) is 30.3 Å². The fourth-order valence-electron chi connectivity index (χ4n) is 2.36. The smallest absolute Gasteiger partial charge is 0.273 e. The molecule has 0 fully saturated rings. The Morgan fingerprint density at radius 3 is 2.48 bits per heavy atom. The van der Waals surface area contributed by atoms with Crippen LogP contribution in [-0.2, 0) is 17.1 Å². The summed E-state index contributed by atoms with van der Waals surface area (Å²) < 4.78 is 27.2. The molecule has 0 saturated heterocycles. The number of carbonyl (C=O) groups excluding carboxylic acids is 1. The molecule has 0 saturated carbocycles. The Morgan fingerprint density at radius 2 is 1.80 bits per heavy atom. The summed E-state index contributed by atoms with van der Waals surface area (Å²) in [6.07, 6.45) is -0.0596. The van der Waals surface area contributed by atoms with Gasteiger partial charge in [0.25, 0.3) is 5.56 Å². The molecule has 1 N–H and O–H groups in total. The van der Waals surface area contributed by atoms with Crippen molar-refractivity contribution in [2.24, 2.45) is 0 Å². The number of benzene rings is 2. The molecule has 3 rings (SSSR count). The summed E-state index contributed by atoms with van der Waals surface area (Å²) in [5, 5.41) is 0.150. The molecule has 0 aliphatic carbocycles. The number of halogens is 3. The summed E-state index contributed by atoms with van der Waals surface area (Å²) in [5.41, 5.74) is 2.60. The van der Waals surface area contributed by atoms with Gasteiger partial charge >= 0.3 is 0 Å². The fourth-order valence-corrected chi connectivity index (χ4v) is 2.54. The van der Waals surface area contributed by atoms with Gasteiger partial charge in [-0.1, -0.05) is 12.1 Å². The van der Waals surface area contributed by atoms with Gasteiger partial charge in [-0.3, -0.25) is 15.0 Å². The van der Waals surface area contributed by atoms with E-state index >= 15 is 0 Å². The maximum atomic E-state index is 13.3.